The van der Waals surface area contributed by atoms with Gasteiger partial charge in [-0.05, 0) is 19.4 Å². The Hall–Kier alpha value is 0.375. The molecular formula is C11H13BrHg. The molecule has 0 amide bonds. The fourth-order valence-electron chi connectivity index (χ4n) is 1.04. The van der Waals surface area contributed by atoms with Gasteiger partial charge in [0.25, 0.3) is 0 Å². The topological polar surface area (TPSA) is 0 Å². The second-order valence-electron chi connectivity index (χ2n) is 2.54. The van der Waals surface area contributed by atoms with E-state index in [-0.39, 0.29) is 44.7 Å². The minimum Gasteiger partial charge on any atom is -1.00 e. The predicted octanol–water partition coefficient (Wildman–Crippen LogP) is 0.182. The van der Waals surface area contributed by atoms with Gasteiger partial charge in [-0.2, -0.15) is 0 Å². The summed E-state index contributed by atoms with van der Waals surface area (Å²) in [5, 5.41) is 0. The van der Waals surface area contributed by atoms with E-state index in [0.29, 0.717) is 5.92 Å². The van der Waals surface area contributed by atoms with Crippen molar-refractivity contribution in [2.45, 2.75) is 12.8 Å². The molecule has 13 heavy (non-hydrogen) atoms. The van der Waals surface area contributed by atoms with Gasteiger partial charge in [-0.3, -0.25) is 0 Å². The zero-order chi connectivity index (χ0) is 8.10. The molecule has 1 atom stereocenters. The molecular weight excluding hydrogens is 413 g/mol. The molecule has 0 nitrogen and oxygen atoms in total. The molecule has 0 heterocycles. The molecule has 66 valence electrons. The van der Waals surface area contributed by atoms with E-state index < -0.39 is 0 Å². The van der Waals surface area contributed by atoms with Crippen LogP contribution < -0.4 is 17.0 Å². The summed E-state index contributed by atoms with van der Waals surface area (Å²) >= 11 is 0. The van der Waals surface area contributed by atoms with Crippen molar-refractivity contribution in [2.75, 3.05) is 0 Å². The van der Waals surface area contributed by atoms with Crippen LogP contribution in [0.25, 0.3) is 0 Å². The molecule has 0 spiro atoms. The van der Waals surface area contributed by atoms with E-state index in [9.17, 15) is 0 Å². The predicted molar refractivity (Wildman–Crippen MR) is 49.4 cm³/mol. The Balaban J connectivity index is 0. The van der Waals surface area contributed by atoms with E-state index in [4.69, 9.17) is 0 Å². The molecule has 1 unspecified atom stereocenters. The van der Waals surface area contributed by atoms with Crippen molar-refractivity contribution in [1.82, 2.24) is 0 Å². The summed E-state index contributed by atoms with van der Waals surface area (Å²) in [4.78, 5) is 0. The number of hydrogen-bond acceptors (Lipinski definition) is 0. The molecule has 1 rings (SSSR count). The average Bonchev–Trinajstić information content (AvgIpc) is 2.07. The van der Waals surface area contributed by atoms with Crippen LogP contribution >= 0.6 is 0 Å². The maximum absolute atomic E-state index is 4.01. The van der Waals surface area contributed by atoms with Gasteiger partial charge in [0.05, 0.1) is 0 Å². The third kappa shape index (κ3) is 5.64. The SMILES string of the molecule is [Br-].[CH2]C(/C=C/C)c1ccccc1.[Hg+]. The van der Waals surface area contributed by atoms with E-state index in [2.05, 4.69) is 25.1 Å². The first-order valence-corrected chi connectivity index (χ1v) is 3.85. The minimum atomic E-state index is 0. The molecule has 0 saturated heterocycles. The first kappa shape index (κ1) is 15.8. The van der Waals surface area contributed by atoms with Crippen molar-refractivity contribution in [3.05, 3.63) is 55.0 Å². The zero-order valence-corrected chi connectivity index (χ0v) is 15.0. The van der Waals surface area contributed by atoms with Crippen molar-refractivity contribution in [3.8, 4) is 0 Å². The van der Waals surface area contributed by atoms with Crippen molar-refractivity contribution in [1.29, 1.82) is 0 Å². The molecule has 0 aliphatic carbocycles. The fourth-order valence-corrected chi connectivity index (χ4v) is 1.04. The van der Waals surface area contributed by atoms with Gasteiger partial charge in [0.1, 0.15) is 0 Å². The van der Waals surface area contributed by atoms with E-state index in [0.717, 1.165) is 0 Å². The van der Waals surface area contributed by atoms with E-state index in [1.807, 2.05) is 31.2 Å². The number of allylic oxidation sites excluding steroid dienone is 2. The van der Waals surface area contributed by atoms with Crippen LogP contribution in [-0.2, 0) is 27.7 Å². The molecule has 1 aromatic carbocycles. The van der Waals surface area contributed by atoms with Gasteiger partial charge in [-0.15, -0.1) is 0 Å². The molecule has 0 saturated carbocycles. The first-order valence-electron chi connectivity index (χ1n) is 3.85. The number of hydrogen-bond donors (Lipinski definition) is 0. The number of rotatable bonds is 2. The molecule has 0 aliphatic rings. The third-order valence-corrected chi connectivity index (χ3v) is 1.65. The summed E-state index contributed by atoms with van der Waals surface area (Å²) in [6.45, 7) is 6.03. The Morgan fingerprint density at radius 1 is 1.23 bits per heavy atom. The van der Waals surface area contributed by atoms with Crippen LogP contribution in [0.15, 0.2) is 42.5 Å². The molecule has 0 fully saturated rings. The molecule has 1 aromatic rings. The summed E-state index contributed by atoms with van der Waals surface area (Å²) in [7, 11) is 0. The van der Waals surface area contributed by atoms with Crippen LogP contribution in [0, 0.1) is 6.92 Å². The Morgan fingerprint density at radius 2 is 1.77 bits per heavy atom. The molecule has 0 aliphatic heterocycles. The van der Waals surface area contributed by atoms with Crippen LogP contribution in [0.4, 0.5) is 0 Å². The molecule has 2 heteroatoms. The second kappa shape index (κ2) is 8.95. The van der Waals surface area contributed by atoms with Gasteiger partial charge in [0, 0.05) is 5.92 Å². The van der Waals surface area contributed by atoms with Crippen LogP contribution in [0.2, 0.25) is 0 Å². The Morgan fingerprint density at radius 3 is 2.23 bits per heavy atom. The first-order chi connectivity index (χ1) is 5.34. The molecule has 0 N–H and O–H groups in total. The van der Waals surface area contributed by atoms with Gasteiger partial charge in [-0.25, -0.2) is 0 Å². The van der Waals surface area contributed by atoms with Crippen molar-refractivity contribution in [2.24, 2.45) is 0 Å². The van der Waals surface area contributed by atoms with E-state index in [1.54, 1.807) is 0 Å². The van der Waals surface area contributed by atoms with Crippen molar-refractivity contribution in [3.63, 3.8) is 0 Å². The van der Waals surface area contributed by atoms with Gasteiger partial charge in [0.2, 0.25) is 0 Å². The van der Waals surface area contributed by atoms with Crippen LogP contribution in [0.5, 0.6) is 0 Å². The van der Waals surface area contributed by atoms with Crippen LogP contribution in [0.1, 0.15) is 18.4 Å². The van der Waals surface area contributed by atoms with Gasteiger partial charge in [0.15, 0.2) is 0 Å². The van der Waals surface area contributed by atoms with E-state index in [1.165, 1.54) is 5.56 Å². The number of benzene rings is 1. The number of halogens is 1. The standard InChI is InChI=1S/C11H13.BrH.Hg/c1-3-7-10(2)11-8-5-4-6-9-11;;/h3-10H,2H2,1H3;1H;/q;;+1/p-1/b7-3+;;. The van der Waals surface area contributed by atoms with Crippen LogP contribution in [0.3, 0.4) is 0 Å². The Bertz CT molecular complexity index is 231. The van der Waals surface area contributed by atoms with E-state index >= 15 is 0 Å². The van der Waals surface area contributed by atoms with Gasteiger partial charge < -0.3 is 17.0 Å². The summed E-state index contributed by atoms with van der Waals surface area (Å²) in [5.74, 6) is 0.293. The monoisotopic (exact) mass is 426 g/mol. The zero-order valence-electron chi connectivity index (χ0n) is 7.91. The molecule has 2 radical (unpaired) electrons. The minimum absolute atomic E-state index is 0. The fraction of sp³-hybridized carbons (Fsp3) is 0.182. The summed E-state index contributed by atoms with van der Waals surface area (Å²) in [5.41, 5.74) is 1.27. The average molecular weight is 426 g/mol. The third-order valence-electron chi connectivity index (χ3n) is 1.65. The Kier molecular flexibility index (Phi) is 10.9. The normalized spacial score (nSPS) is 11.5. The summed E-state index contributed by atoms with van der Waals surface area (Å²) < 4.78 is 0. The molecule has 0 aromatic heterocycles. The van der Waals surface area contributed by atoms with Crippen molar-refractivity contribution >= 4 is 0 Å². The smallest absolute Gasteiger partial charge is 1.00 e. The van der Waals surface area contributed by atoms with Gasteiger partial charge in [-0.1, -0.05) is 42.5 Å². The maximum Gasteiger partial charge on any atom is 1.00 e. The maximum atomic E-state index is 4.01. The largest absolute Gasteiger partial charge is 1.00 e. The quantitative estimate of drug-likeness (QED) is 0.469. The van der Waals surface area contributed by atoms with Gasteiger partial charge >= 0.3 is 27.7 Å². The van der Waals surface area contributed by atoms with Crippen molar-refractivity contribution < 1.29 is 44.7 Å². The second-order valence-corrected chi connectivity index (χ2v) is 2.54. The summed E-state index contributed by atoms with van der Waals surface area (Å²) in [6.07, 6.45) is 4.12. The van der Waals surface area contributed by atoms with Crippen LogP contribution in [-0.4, -0.2) is 0 Å². The summed E-state index contributed by atoms with van der Waals surface area (Å²) in [6, 6.07) is 10.3. The Labute approximate surface area is 112 Å². The molecule has 0 bridgehead atoms.